The zero-order valence-corrected chi connectivity index (χ0v) is 9.33. The minimum Gasteiger partial charge on any atom is -0.383 e. The highest BCUT2D eigenvalue weighted by Crippen LogP contribution is 2.35. The molecule has 0 saturated carbocycles. The molecule has 1 atom stereocenters. The highest BCUT2D eigenvalue weighted by molar-refractivity contribution is 5.56. The largest absolute Gasteiger partial charge is 0.393 e. The van der Waals surface area contributed by atoms with Crippen molar-refractivity contribution in [2.45, 2.75) is 19.5 Å². The van der Waals surface area contributed by atoms with E-state index >= 15 is 0 Å². The first-order valence-electron chi connectivity index (χ1n) is 5.28. The molecule has 2 rings (SSSR count). The summed E-state index contributed by atoms with van der Waals surface area (Å²) in [6, 6.07) is 0. The van der Waals surface area contributed by atoms with Gasteiger partial charge in [0.25, 0.3) is 0 Å². The Bertz CT molecular complexity index is 419. The van der Waals surface area contributed by atoms with Crippen molar-refractivity contribution in [3.8, 4) is 0 Å². The molecule has 7 heteroatoms. The first-order chi connectivity index (χ1) is 7.89. The van der Waals surface area contributed by atoms with Gasteiger partial charge in [0.05, 0.1) is 5.92 Å². The van der Waals surface area contributed by atoms with E-state index in [1.165, 1.54) is 6.33 Å². The van der Waals surface area contributed by atoms with Crippen molar-refractivity contribution < 1.29 is 13.2 Å². The molecule has 0 aliphatic carbocycles. The van der Waals surface area contributed by atoms with Gasteiger partial charge in [0.15, 0.2) is 0 Å². The number of rotatable bonds is 1. The van der Waals surface area contributed by atoms with Crippen LogP contribution in [0.2, 0.25) is 0 Å². The van der Waals surface area contributed by atoms with Crippen molar-refractivity contribution in [3.63, 3.8) is 0 Å². The van der Waals surface area contributed by atoms with Crippen LogP contribution in [0.15, 0.2) is 6.33 Å². The molecular weight excluding hydrogens is 233 g/mol. The van der Waals surface area contributed by atoms with Crippen LogP contribution < -0.4 is 10.6 Å². The summed E-state index contributed by atoms with van der Waals surface area (Å²) >= 11 is 0. The van der Waals surface area contributed by atoms with E-state index in [0.717, 1.165) is 0 Å². The maximum Gasteiger partial charge on any atom is 0.393 e. The Morgan fingerprint density at radius 1 is 1.41 bits per heavy atom. The van der Waals surface area contributed by atoms with Crippen LogP contribution in [0.3, 0.4) is 0 Å². The molecule has 1 aliphatic heterocycles. The Morgan fingerprint density at radius 2 is 2.12 bits per heavy atom. The Kier molecular flexibility index (Phi) is 2.84. The van der Waals surface area contributed by atoms with Crippen LogP contribution in [0, 0.1) is 12.8 Å². The second-order valence-corrected chi connectivity index (χ2v) is 4.18. The van der Waals surface area contributed by atoms with Gasteiger partial charge in [-0.2, -0.15) is 13.2 Å². The smallest absolute Gasteiger partial charge is 0.383 e. The van der Waals surface area contributed by atoms with Gasteiger partial charge in [0.2, 0.25) is 0 Å². The van der Waals surface area contributed by atoms with Gasteiger partial charge in [-0.1, -0.05) is 0 Å². The predicted octanol–water partition coefficient (Wildman–Crippen LogP) is 1.76. The molecule has 0 spiro atoms. The number of nitrogens with zero attached hydrogens (tertiary/aromatic N) is 3. The Labute approximate surface area is 96.7 Å². The minimum atomic E-state index is -4.14. The highest BCUT2D eigenvalue weighted by atomic mass is 19.4. The molecule has 1 aliphatic rings. The Balaban J connectivity index is 2.18. The number of alkyl halides is 3. The van der Waals surface area contributed by atoms with Crippen LogP contribution in [-0.2, 0) is 0 Å². The number of halogens is 3. The van der Waals surface area contributed by atoms with Crippen LogP contribution in [0.5, 0.6) is 0 Å². The fourth-order valence-electron chi connectivity index (χ4n) is 1.99. The summed E-state index contributed by atoms with van der Waals surface area (Å²) in [5.41, 5.74) is 6.24. The van der Waals surface area contributed by atoms with Gasteiger partial charge in [0.1, 0.15) is 18.0 Å². The van der Waals surface area contributed by atoms with Crippen LogP contribution in [0.4, 0.5) is 24.8 Å². The minimum absolute atomic E-state index is 0.0548. The number of hydrogen-bond acceptors (Lipinski definition) is 4. The number of aromatic nitrogens is 2. The third kappa shape index (κ3) is 2.27. The van der Waals surface area contributed by atoms with Gasteiger partial charge < -0.3 is 10.6 Å². The normalized spacial score (nSPS) is 20.9. The van der Waals surface area contributed by atoms with Crippen LogP contribution in [-0.4, -0.2) is 29.2 Å². The molecule has 1 saturated heterocycles. The average molecular weight is 246 g/mol. The van der Waals surface area contributed by atoms with Crippen molar-refractivity contribution in [2.24, 2.45) is 5.92 Å². The quantitative estimate of drug-likeness (QED) is 0.820. The van der Waals surface area contributed by atoms with Crippen molar-refractivity contribution in [3.05, 3.63) is 11.9 Å². The second kappa shape index (κ2) is 4.05. The molecule has 0 amide bonds. The number of anilines is 2. The average Bonchev–Trinajstić information content (AvgIpc) is 2.70. The zero-order chi connectivity index (χ0) is 12.6. The van der Waals surface area contributed by atoms with E-state index in [2.05, 4.69) is 9.97 Å². The molecular formula is C10H13F3N4. The molecule has 0 bridgehead atoms. The lowest BCUT2D eigenvalue weighted by Crippen LogP contribution is -2.28. The second-order valence-electron chi connectivity index (χ2n) is 4.18. The van der Waals surface area contributed by atoms with Gasteiger partial charge in [-0.15, -0.1) is 0 Å². The Morgan fingerprint density at radius 3 is 2.71 bits per heavy atom. The maximum absolute atomic E-state index is 12.5. The summed E-state index contributed by atoms with van der Waals surface area (Å²) in [6.07, 6.45) is -2.76. The summed E-state index contributed by atoms with van der Waals surface area (Å²) in [6.45, 7) is 2.01. The molecule has 17 heavy (non-hydrogen) atoms. The van der Waals surface area contributed by atoms with E-state index in [-0.39, 0.29) is 13.0 Å². The van der Waals surface area contributed by atoms with Gasteiger partial charge in [0, 0.05) is 18.7 Å². The van der Waals surface area contributed by atoms with E-state index in [1.807, 2.05) is 0 Å². The van der Waals surface area contributed by atoms with E-state index < -0.39 is 12.1 Å². The van der Waals surface area contributed by atoms with Crippen molar-refractivity contribution in [1.82, 2.24) is 9.97 Å². The molecule has 4 nitrogen and oxygen atoms in total. The fraction of sp³-hybridized carbons (Fsp3) is 0.600. The molecule has 1 aromatic heterocycles. The van der Waals surface area contributed by atoms with Crippen LogP contribution >= 0.6 is 0 Å². The molecule has 2 heterocycles. The molecule has 1 aromatic rings. The predicted molar refractivity (Wildman–Crippen MR) is 57.6 cm³/mol. The van der Waals surface area contributed by atoms with E-state index in [0.29, 0.717) is 23.7 Å². The monoisotopic (exact) mass is 246 g/mol. The molecule has 2 N–H and O–H groups in total. The SMILES string of the molecule is Cc1c(N)ncnc1N1CCC(C(F)(F)F)C1. The summed E-state index contributed by atoms with van der Waals surface area (Å²) in [7, 11) is 0. The van der Waals surface area contributed by atoms with E-state index in [1.54, 1.807) is 11.8 Å². The standard InChI is InChI=1S/C10H13F3N4/c1-6-8(14)15-5-16-9(6)17-3-2-7(4-17)10(11,12)13/h5,7H,2-4H2,1H3,(H2,14,15,16). The lowest BCUT2D eigenvalue weighted by Gasteiger charge is -2.20. The maximum atomic E-state index is 12.5. The first kappa shape index (κ1) is 11.9. The summed E-state index contributed by atoms with van der Waals surface area (Å²) < 4.78 is 37.6. The third-order valence-corrected chi connectivity index (χ3v) is 3.05. The lowest BCUT2D eigenvalue weighted by molar-refractivity contribution is -0.168. The van der Waals surface area contributed by atoms with Crippen LogP contribution in [0.25, 0.3) is 0 Å². The molecule has 1 fully saturated rings. The summed E-state index contributed by atoms with van der Waals surface area (Å²) in [5, 5.41) is 0. The molecule has 94 valence electrons. The molecule has 0 radical (unpaired) electrons. The molecule has 0 aromatic carbocycles. The number of hydrogen-bond donors (Lipinski definition) is 1. The van der Waals surface area contributed by atoms with Crippen molar-refractivity contribution >= 4 is 11.6 Å². The summed E-state index contributed by atoms with van der Waals surface area (Å²) in [4.78, 5) is 9.42. The van der Waals surface area contributed by atoms with Crippen molar-refractivity contribution in [2.75, 3.05) is 23.7 Å². The highest BCUT2D eigenvalue weighted by Gasteiger charge is 2.44. The molecule has 1 unspecified atom stereocenters. The van der Waals surface area contributed by atoms with Gasteiger partial charge in [-0.25, -0.2) is 9.97 Å². The zero-order valence-electron chi connectivity index (χ0n) is 9.33. The van der Waals surface area contributed by atoms with Gasteiger partial charge >= 0.3 is 6.18 Å². The van der Waals surface area contributed by atoms with Gasteiger partial charge in [-0.05, 0) is 13.3 Å². The van der Waals surface area contributed by atoms with Crippen molar-refractivity contribution in [1.29, 1.82) is 0 Å². The Hall–Kier alpha value is -1.53. The van der Waals surface area contributed by atoms with Gasteiger partial charge in [-0.3, -0.25) is 0 Å². The lowest BCUT2D eigenvalue weighted by atomic mass is 10.1. The topological polar surface area (TPSA) is 55.0 Å². The fourth-order valence-corrected chi connectivity index (χ4v) is 1.99. The first-order valence-corrected chi connectivity index (χ1v) is 5.28. The number of nitrogen functional groups attached to an aromatic ring is 1. The van der Waals surface area contributed by atoms with E-state index in [9.17, 15) is 13.2 Å². The van der Waals surface area contributed by atoms with E-state index in [4.69, 9.17) is 5.73 Å². The third-order valence-electron chi connectivity index (χ3n) is 3.05. The van der Waals surface area contributed by atoms with Crippen LogP contribution in [0.1, 0.15) is 12.0 Å². The number of nitrogens with two attached hydrogens (primary N) is 1. The summed E-state index contributed by atoms with van der Waals surface area (Å²) in [5.74, 6) is -0.465.